The summed E-state index contributed by atoms with van der Waals surface area (Å²) in [4.78, 5) is 20.9. The van der Waals surface area contributed by atoms with Gasteiger partial charge in [-0.3, -0.25) is 9.59 Å². The molecular formula is C8H14N2O2. The molecule has 68 valence electrons. The van der Waals surface area contributed by atoms with E-state index < -0.39 is 0 Å². The maximum atomic E-state index is 11.0. The molecule has 0 aromatic heterocycles. The van der Waals surface area contributed by atoms with Gasteiger partial charge in [0.05, 0.1) is 0 Å². The van der Waals surface area contributed by atoms with Crippen LogP contribution in [0, 0.1) is 0 Å². The average molecular weight is 170 g/mol. The second kappa shape index (κ2) is 4.74. The highest BCUT2D eigenvalue weighted by Crippen LogP contribution is 2.18. The Hall–Kier alpha value is -1.06. The maximum Gasteiger partial charge on any atom is 0.220 e. The van der Waals surface area contributed by atoms with E-state index in [0.29, 0.717) is 25.4 Å². The van der Waals surface area contributed by atoms with Gasteiger partial charge >= 0.3 is 0 Å². The van der Waals surface area contributed by atoms with Crippen molar-refractivity contribution in [3.8, 4) is 0 Å². The van der Waals surface area contributed by atoms with Crippen LogP contribution < -0.4 is 10.6 Å². The zero-order valence-corrected chi connectivity index (χ0v) is 7.01. The van der Waals surface area contributed by atoms with Gasteiger partial charge in [0, 0.05) is 19.0 Å². The third kappa shape index (κ3) is 3.95. The topological polar surface area (TPSA) is 58.2 Å². The van der Waals surface area contributed by atoms with E-state index in [-0.39, 0.29) is 5.91 Å². The van der Waals surface area contributed by atoms with Crippen LogP contribution in [0.3, 0.4) is 0 Å². The number of carbonyl (C=O) groups excluding carboxylic acids is 2. The molecule has 0 unspecified atom stereocenters. The lowest BCUT2D eigenvalue weighted by atomic mass is 10.3. The van der Waals surface area contributed by atoms with E-state index in [4.69, 9.17) is 0 Å². The fraction of sp³-hybridized carbons (Fsp3) is 0.750. The van der Waals surface area contributed by atoms with Gasteiger partial charge in [-0.15, -0.1) is 0 Å². The Kier molecular flexibility index (Phi) is 3.57. The molecular weight excluding hydrogens is 156 g/mol. The first kappa shape index (κ1) is 9.03. The molecule has 1 aliphatic rings. The molecule has 0 saturated heterocycles. The first-order chi connectivity index (χ1) is 5.83. The van der Waals surface area contributed by atoms with E-state index in [0.717, 1.165) is 19.3 Å². The number of hydrogen-bond acceptors (Lipinski definition) is 2. The molecule has 0 atom stereocenters. The SMILES string of the molecule is O=CNCCCC(=O)NC1CC1. The van der Waals surface area contributed by atoms with Gasteiger partial charge in [0.25, 0.3) is 0 Å². The zero-order valence-electron chi connectivity index (χ0n) is 7.01. The molecule has 0 bridgehead atoms. The highest BCUT2D eigenvalue weighted by molar-refractivity contribution is 5.76. The molecule has 1 fully saturated rings. The molecule has 1 rings (SSSR count). The van der Waals surface area contributed by atoms with Crippen molar-refractivity contribution in [3.05, 3.63) is 0 Å². The van der Waals surface area contributed by atoms with Crippen LogP contribution in [0.1, 0.15) is 25.7 Å². The molecule has 0 aliphatic heterocycles. The molecule has 1 aliphatic carbocycles. The predicted molar refractivity (Wildman–Crippen MR) is 44.5 cm³/mol. The number of amides is 2. The van der Waals surface area contributed by atoms with Crippen molar-refractivity contribution in [3.63, 3.8) is 0 Å². The summed E-state index contributed by atoms with van der Waals surface area (Å²) < 4.78 is 0. The normalized spacial score (nSPS) is 15.3. The molecule has 2 amide bonds. The summed E-state index contributed by atoms with van der Waals surface area (Å²) in [5.74, 6) is 0.102. The lowest BCUT2D eigenvalue weighted by Crippen LogP contribution is -2.26. The molecule has 0 heterocycles. The van der Waals surface area contributed by atoms with Gasteiger partial charge in [-0.1, -0.05) is 0 Å². The minimum Gasteiger partial charge on any atom is -0.359 e. The van der Waals surface area contributed by atoms with E-state index >= 15 is 0 Å². The standard InChI is InChI=1S/C8H14N2O2/c11-6-9-5-1-2-8(12)10-7-3-4-7/h6-7H,1-5H2,(H,9,11)(H,10,12). The van der Waals surface area contributed by atoms with Crippen LogP contribution in [-0.4, -0.2) is 24.9 Å². The highest BCUT2D eigenvalue weighted by atomic mass is 16.1. The second-order valence-electron chi connectivity index (χ2n) is 3.02. The van der Waals surface area contributed by atoms with Crippen LogP contribution in [-0.2, 0) is 9.59 Å². The van der Waals surface area contributed by atoms with Crippen LogP contribution in [0.5, 0.6) is 0 Å². The molecule has 0 radical (unpaired) electrons. The minimum absolute atomic E-state index is 0.102. The van der Waals surface area contributed by atoms with Crippen molar-refractivity contribution < 1.29 is 9.59 Å². The number of hydrogen-bond donors (Lipinski definition) is 2. The van der Waals surface area contributed by atoms with Gasteiger partial charge in [-0.2, -0.15) is 0 Å². The van der Waals surface area contributed by atoms with Crippen LogP contribution >= 0.6 is 0 Å². The molecule has 2 N–H and O–H groups in total. The van der Waals surface area contributed by atoms with E-state index in [9.17, 15) is 9.59 Å². The molecule has 0 aromatic carbocycles. The highest BCUT2D eigenvalue weighted by Gasteiger charge is 2.22. The third-order valence-corrected chi connectivity index (χ3v) is 1.75. The van der Waals surface area contributed by atoms with Gasteiger partial charge in [0.1, 0.15) is 0 Å². The van der Waals surface area contributed by atoms with Gasteiger partial charge in [-0.25, -0.2) is 0 Å². The fourth-order valence-electron chi connectivity index (χ4n) is 0.937. The summed E-state index contributed by atoms with van der Waals surface area (Å²) in [5, 5.41) is 5.39. The molecule has 0 spiro atoms. The fourth-order valence-corrected chi connectivity index (χ4v) is 0.937. The molecule has 4 heteroatoms. The van der Waals surface area contributed by atoms with Crippen molar-refractivity contribution in [1.82, 2.24) is 10.6 Å². The largest absolute Gasteiger partial charge is 0.359 e. The lowest BCUT2D eigenvalue weighted by molar-refractivity contribution is -0.121. The molecule has 4 nitrogen and oxygen atoms in total. The van der Waals surface area contributed by atoms with E-state index in [1.165, 1.54) is 0 Å². The van der Waals surface area contributed by atoms with Gasteiger partial charge < -0.3 is 10.6 Å². The van der Waals surface area contributed by atoms with Crippen LogP contribution in [0.25, 0.3) is 0 Å². The first-order valence-corrected chi connectivity index (χ1v) is 4.29. The Morgan fingerprint density at radius 3 is 2.83 bits per heavy atom. The minimum atomic E-state index is 0.102. The Balaban J connectivity index is 1.90. The van der Waals surface area contributed by atoms with Gasteiger partial charge in [-0.05, 0) is 19.3 Å². The molecule has 12 heavy (non-hydrogen) atoms. The van der Waals surface area contributed by atoms with Crippen molar-refractivity contribution in [2.24, 2.45) is 0 Å². The quantitative estimate of drug-likeness (QED) is 0.428. The summed E-state index contributed by atoms with van der Waals surface area (Å²) in [6.07, 6.45) is 4.13. The van der Waals surface area contributed by atoms with E-state index in [1.807, 2.05) is 0 Å². The van der Waals surface area contributed by atoms with Crippen LogP contribution in [0.4, 0.5) is 0 Å². The van der Waals surface area contributed by atoms with E-state index in [1.54, 1.807) is 0 Å². The smallest absolute Gasteiger partial charge is 0.220 e. The van der Waals surface area contributed by atoms with Crippen LogP contribution in [0.2, 0.25) is 0 Å². The molecule has 1 saturated carbocycles. The Bertz CT molecular complexity index is 166. The number of nitrogens with one attached hydrogen (secondary N) is 2. The van der Waals surface area contributed by atoms with Gasteiger partial charge in [0.15, 0.2) is 0 Å². The monoisotopic (exact) mass is 170 g/mol. The van der Waals surface area contributed by atoms with Crippen molar-refractivity contribution in [1.29, 1.82) is 0 Å². The zero-order chi connectivity index (χ0) is 8.81. The van der Waals surface area contributed by atoms with Crippen molar-refractivity contribution in [2.75, 3.05) is 6.54 Å². The molecule has 0 aromatic rings. The first-order valence-electron chi connectivity index (χ1n) is 4.29. The van der Waals surface area contributed by atoms with Crippen LogP contribution in [0.15, 0.2) is 0 Å². The summed E-state index contributed by atoms with van der Waals surface area (Å²) in [5.41, 5.74) is 0. The Labute approximate surface area is 71.7 Å². The summed E-state index contributed by atoms with van der Waals surface area (Å²) in [7, 11) is 0. The van der Waals surface area contributed by atoms with Gasteiger partial charge in [0.2, 0.25) is 12.3 Å². The van der Waals surface area contributed by atoms with Crippen molar-refractivity contribution in [2.45, 2.75) is 31.7 Å². The second-order valence-corrected chi connectivity index (χ2v) is 3.02. The average Bonchev–Trinajstić information content (AvgIpc) is 2.82. The summed E-state index contributed by atoms with van der Waals surface area (Å²) in [6, 6.07) is 0.441. The predicted octanol–water partition coefficient (Wildman–Crippen LogP) is -0.209. The lowest BCUT2D eigenvalue weighted by Gasteiger charge is -2.01. The maximum absolute atomic E-state index is 11.0. The Morgan fingerprint density at radius 1 is 1.50 bits per heavy atom. The number of carbonyl (C=O) groups is 2. The Morgan fingerprint density at radius 2 is 2.25 bits per heavy atom. The summed E-state index contributed by atoms with van der Waals surface area (Å²) in [6.45, 7) is 0.585. The van der Waals surface area contributed by atoms with E-state index in [2.05, 4.69) is 10.6 Å². The number of rotatable bonds is 6. The third-order valence-electron chi connectivity index (χ3n) is 1.75. The van der Waals surface area contributed by atoms with Crippen molar-refractivity contribution >= 4 is 12.3 Å². The summed E-state index contributed by atoms with van der Waals surface area (Å²) >= 11 is 0.